The van der Waals surface area contributed by atoms with Crippen molar-refractivity contribution in [3.8, 4) is 12.1 Å². The molecular weight excluding hydrogens is 599 g/mol. The molecule has 3 aliphatic rings. The number of pyridine rings is 1. The second kappa shape index (κ2) is 13.1. The molecule has 0 aliphatic carbocycles. The van der Waals surface area contributed by atoms with Crippen LogP contribution in [0.1, 0.15) is 43.5 Å². The van der Waals surface area contributed by atoms with E-state index in [4.69, 9.17) is 9.72 Å². The Morgan fingerprint density at radius 2 is 1.96 bits per heavy atom. The van der Waals surface area contributed by atoms with E-state index in [2.05, 4.69) is 22.6 Å². The first kappa shape index (κ1) is 32.3. The highest BCUT2D eigenvalue weighted by Crippen LogP contribution is 2.40. The predicted molar refractivity (Wildman–Crippen MR) is 155 cm³/mol. The summed E-state index contributed by atoms with van der Waals surface area (Å²) in [4.78, 5) is 32.3. The summed E-state index contributed by atoms with van der Waals surface area (Å²) in [7, 11) is 0. The number of fused-ring (bicyclic) bond motifs is 1. The van der Waals surface area contributed by atoms with E-state index in [0.29, 0.717) is 36.4 Å². The van der Waals surface area contributed by atoms with Gasteiger partial charge in [-0.25, -0.2) is 8.78 Å². The molecule has 3 atom stereocenters. The fourth-order valence-electron chi connectivity index (χ4n) is 6.45. The fraction of sp³-hybridized carbons (Fsp3) is 0.567. The topological polar surface area (TPSA) is 102 Å². The summed E-state index contributed by atoms with van der Waals surface area (Å²) in [6, 6.07) is 1.52. The number of carbonyl (C=O) groups is 1. The van der Waals surface area contributed by atoms with Crippen LogP contribution in [-0.2, 0) is 23.9 Å². The number of hydrogen-bond acceptors (Lipinski definition) is 9. The molecule has 2 aromatic rings. The number of piperazine rings is 1. The standard InChI is InChI=1S/C30H35F5N8O2/c1-4-26(44)42-10-9-41(15-20(42)5-7-36)28-22-6-8-40(25-13-37-12-23(32)27(25)30(33,34)35)16-24(22)38-29(39-28)45-17-21-11-19(31)14-43(21)18(2)3/h4,12-13,18-21H,1,5-6,8-11,14-17H2,2-3H3/t19-,20?,21+/m1/s1. The van der Waals surface area contributed by atoms with Crippen molar-refractivity contribution in [2.24, 2.45) is 0 Å². The second-order valence-corrected chi connectivity index (χ2v) is 11.7. The number of anilines is 2. The molecule has 0 N–H and O–H groups in total. The van der Waals surface area contributed by atoms with Crippen LogP contribution in [0.25, 0.3) is 0 Å². The number of amides is 1. The second-order valence-electron chi connectivity index (χ2n) is 11.7. The maximum Gasteiger partial charge on any atom is 0.421 e. The summed E-state index contributed by atoms with van der Waals surface area (Å²) < 4.78 is 76.4. The Balaban J connectivity index is 1.49. The number of carbonyl (C=O) groups excluding carboxylic acids is 1. The molecule has 45 heavy (non-hydrogen) atoms. The Hall–Kier alpha value is -4.06. The predicted octanol–water partition coefficient (Wildman–Crippen LogP) is 3.91. The highest BCUT2D eigenvalue weighted by Gasteiger charge is 2.40. The van der Waals surface area contributed by atoms with Gasteiger partial charge in [0, 0.05) is 50.4 Å². The molecule has 10 nitrogen and oxygen atoms in total. The number of halogens is 5. The minimum Gasteiger partial charge on any atom is -0.462 e. The number of nitrogens with zero attached hydrogens (tertiary/aromatic N) is 8. The first-order valence-electron chi connectivity index (χ1n) is 14.8. The monoisotopic (exact) mass is 634 g/mol. The maximum absolute atomic E-state index is 14.4. The highest BCUT2D eigenvalue weighted by atomic mass is 19.4. The summed E-state index contributed by atoms with van der Waals surface area (Å²) in [5.74, 6) is -1.26. The molecule has 2 aromatic heterocycles. The third-order valence-electron chi connectivity index (χ3n) is 8.57. The smallest absolute Gasteiger partial charge is 0.421 e. The summed E-state index contributed by atoms with van der Waals surface area (Å²) in [5.41, 5.74) is -0.710. The Labute approximate surface area is 258 Å². The lowest BCUT2D eigenvalue weighted by molar-refractivity contribution is -0.139. The minimum atomic E-state index is -4.94. The zero-order valence-corrected chi connectivity index (χ0v) is 25.1. The Morgan fingerprint density at radius 3 is 2.64 bits per heavy atom. The van der Waals surface area contributed by atoms with Crippen LogP contribution in [0.5, 0.6) is 6.01 Å². The van der Waals surface area contributed by atoms with Crippen LogP contribution in [0, 0.1) is 17.1 Å². The summed E-state index contributed by atoms with van der Waals surface area (Å²) >= 11 is 0. The highest BCUT2D eigenvalue weighted by molar-refractivity contribution is 5.87. The third kappa shape index (κ3) is 6.80. The number of aromatic nitrogens is 3. The Bertz CT molecular complexity index is 1470. The summed E-state index contributed by atoms with van der Waals surface area (Å²) in [6.07, 6.45) is -2.61. The Morgan fingerprint density at radius 1 is 1.18 bits per heavy atom. The molecule has 0 spiro atoms. The summed E-state index contributed by atoms with van der Waals surface area (Å²) in [6.45, 7) is 8.84. The third-order valence-corrected chi connectivity index (χ3v) is 8.57. The van der Waals surface area contributed by atoms with Gasteiger partial charge in [0.1, 0.15) is 24.2 Å². The van der Waals surface area contributed by atoms with E-state index >= 15 is 0 Å². The molecule has 0 aromatic carbocycles. The quantitative estimate of drug-likeness (QED) is 0.316. The van der Waals surface area contributed by atoms with Crippen LogP contribution in [0.4, 0.5) is 33.5 Å². The van der Waals surface area contributed by atoms with E-state index in [1.165, 1.54) is 11.0 Å². The van der Waals surface area contributed by atoms with E-state index in [-0.39, 0.29) is 76.0 Å². The molecule has 5 heterocycles. The molecule has 1 amide bonds. The van der Waals surface area contributed by atoms with Crippen molar-refractivity contribution in [1.29, 1.82) is 5.26 Å². The first-order valence-corrected chi connectivity index (χ1v) is 14.8. The van der Waals surface area contributed by atoms with E-state index in [1.54, 1.807) is 4.90 Å². The molecule has 3 aliphatic heterocycles. The van der Waals surface area contributed by atoms with Crippen LogP contribution in [0.3, 0.4) is 0 Å². The minimum absolute atomic E-state index is 0.0218. The number of nitriles is 1. The van der Waals surface area contributed by atoms with Gasteiger partial charge in [-0.3, -0.25) is 14.7 Å². The largest absolute Gasteiger partial charge is 0.462 e. The lowest BCUT2D eigenvalue weighted by Gasteiger charge is -2.42. The van der Waals surface area contributed by atoms with E-state index in [1.807, 2.05) is 23.6 Å². The van der Waals surface area contributed by atoms with Gasteiger partial charge >= 0.3 is 12.2 Å². The molecular formula is C30H35F5N8O2. The lowest BCUT2D eigenvalue weighted by Crippen LogP contribution is -2.55. The number of ether oxygens (including phenoxy) is 1. The van der Waals surface area contributed by atoms with Crippen LogP contribution in [0.15, 0.2) is 25.0 Å². The molecule has 5 rings (SSSR count). The molecule has 15 heteroatoms. The zero-order chi connectivity index (χ0) is 32.5. The van der Waals surface area contributed by atoms with Crippen molar-refractivity contribution >= 4 is 17.4 Å². The molecule has 0 bridgehead atoms. The van der Waals surface area contributed by atoms with Crippen LogP contribution < -0.4 is 14.5 Å². The number of likely N-dealkylation sites (tertiary alicyclic amines) is 1. The number of alkyl halides is 4. The zero-order valence-electron chi connectivity index (χ0n) is 25.1. The van der Waals surface area contributed by atoms with Gasteiger partial charge in [0.15, 0.2) is 5.82 Å². The van der Waals surface area contributed by atoms with E-state index in [0.717, 1.165) is 6.20 Å². The van der Waals surface area contributed by atoms with Gasteiger partial charge in [-0.1, -0.05) is 6.58 Å². The van der Waals surface area contributed by atoms with Crippen molar-refractivity contribution in [2.45, 2.75) is 70.1 Å². The molecule has 0 radical (unpaired) electrons. The maximum atomic E-state index is 14.4. The van der Waals surface area contributed by atoms with Gasteiger partial charge in [0.05, 0.1) is 48.9 Å². The number of rotatable bonds is 8. The van der Waals surface area contributed by atoms with Crippen molar-refractivity contribution in [2.75, 3.05) is 49.1 Å². The van der Waals surface area contributed by atoms with Gasteiger partial charge in [-0.2, -0.15) is 28.4 Å². The molecule has 2 fully saturated rings. The van der Waals surface area contributed by atoms with Gasteiger partial charge in [0.2, 0.25) is 5.91 Å². The molecule has 2 saturated heterocycles. The lowest BCUT2D eigenvalue weighted by atomic mass is 10.0. The van der Waals surface area contributed by atoms with Crippen LogP contribution in [-0.4, -0.2) is 94.3 Å². The van der Waals surface area contributed by atoms with Gasteiger partial charge in [-0.15, -0.1) is 0 Å². The van der Waals surface area contributed by atoms with Crippen LogP contribution in [0.2, 0.25) is 0 Å². The van der Waals surface area contributed by atoms with Gasteiger partial charge in [0.25, 0.3) is 0 Å². The van der Waals surface area contributed by atoms with Crippen molar-refractivity contribution < 1.29 is 31.5 Å². The van der Waals surface area contributed by atoms with Crippen LogP contribution >= 0.6 is 0 Å². The number of hydrogen-bond donors (Lipinski definition) is 0. The average Bonchev–Trinajstić information content (AvgIpc) is 3.39. The van der Waals surface area contributed by atoms with E-state index in [9.17, 15) is 32.0 Å². The first-order chi connectivity index (χ1) is 21.4. The van der Waals surface area contributed by atoms with Gasteiger partial charge in [-0.05, 0) is 32.8 Å². The van der Waals surface area contributed by atoms with Crippen molar-refractivity contribution in [1.82, 2.24) is 24.8 Å². The van der Waals surface area contributed by atoms with E-state index < -0.39 is 35.5 Å². The average molecular weight is 635 g/mol. The fourth-order valence-corrected chi connectivity index (χ4v) is 6.45. The molecule has 0 saturated carbocycles. The molecule has 242 valence electrons. The SMILES string of the molecule is C=CC(=O)N1CCN(c2nc(OC[C@@H]3C[C@@H](F)CN3C(C)C)nc3c2CCN(c2cncc(F)c2C(F)(F)F)C3)CC1CC#N. The van der Waals surface area contributed by atoms with Crippen molar-refractivity contribution in [3.63, 3.8) is 0 Å². The summed E-state index contributed by atoms with van der Waals surface area (Å²) in [5, 5.41) is 9.45. The van der Waals surface area contributed by atoms with Gasteiger partial charge < -0.3 is 19.4 Å². The Kier molecular flexibility index (Phi) is 9.43. The molecule has 1 unspecified atom stereocenters. The van der Waals surface area contributed by atoms with Crippen molar-refractivity contribution in [3.05, 3.63) is 47.7 Å². The normalized spacial score (nSPS) is 22.4.